The molecule has 1 saturated carbocycles. The molecule has 1 aliphatic carbocycles. The fourth-order valence-electron chi connectivity index (χ4n) is 12.5. The first-order chi connectivity index (χ1) is 39.3. The lowest BCUT2D eigenvalue weighted by Crippen LogP contribution is -2.40. The van der Waals surface area contributed by atoms with Crippen molar-refractivity contribution in [3.8, 4) is 124 Å². The quantitative estimate of drug-likeness (QED) is 0.151. The number of nitrogens with zero attached hydrogens (tertiary/aromatic N) is 5. The third-order valence-corrected chi connectivity index (χ3v) is 17.0. The van der Waals surface area contributed by atoms with Crippen LogP contribution in [-0.2, 0) is 10.8 Å². The van der Waals surface area contributed by atoms with Crippen LogP contribution >= 0.6 is 0 Å². The van der Waals surface area contributed by atoms with E-state index in [-0.39, 0.29) is 10.8 Å². The maximum absolute atomic E-state index is 6.98. The molecule has 6 nitrogen and oxygen atoms in total. The minimum Gasteiger partial charge on any atom is -0.420 e. The number of aromatic nitrogens is 5. The summed E-state index contributed by atoms with van der Waals surface area (Å²) in [6.45, 7) is 4.88. The third kappa shape index (κ3) is 8.76. The summed E-state index contributed by atoms with van der Waals surface area (Å²) >= 11 is 0. The van der Waals surface area contributed by atoms with Crippen LogP contribution in [0.4, 0.5) is 0 Å². The Balaban J connectivity index is 0.943. The molecule has 2 unspecified atom stereocenters. The Morgan fingerprint density at radius 3 is 1.29 bits per heavy atom. The topological polar surface area (TPSA) is 73.7 Å². The van der Waals surface area contributed by atoms with Crippen molar-refractivity contribution in [2.75, 3.05) is 0 Å². The van der Waals surface area contributed by atoms with Crippen molar-refractivity contribution >= 4 is 0 Å². The van der Waals surface area contributed by atoms with E-state index in [1.807, 2.05) is 67.1 Å². The predicted octanol–water partition coefficient (Wildman–Crippen LogP) is 18.8. The highest BCUT2D eigenvalue weighted by Crippen LogP contribution is 2.56. The highest BCUT2D eigenvalue weighted by Gasteiger charge is 2.50. The number of benzene rings is 8. The molecule has 0 N–H and O–H groups in total. The van der Waals surface area contributed by atoms with Gasteiger partial charge in [-0.2, -0.15) is 4.98 Å². The van der Waals surface area contributed by atoms with Gasteiger partial charge in [-0.15, -0.1) is 0 Å². The minimum atomic E-state index is -0.127. The molecule has 6 heteroatoms. The van der Waals surface area contributed by atoms with Gasteiger partial charge in [0, 0.05) is 68.9 Å². The first kappa shape index (κ1) is 48.5. The lowest BCUT2D eigenvalue weighted by atomic mass is 9.61. The van der Waals surface area contributed by atoms with Crippen LogP contribution in [0.1, 0.15) is 44.2 Å². The van der Waals surface area contributed by atoms with E-state index in [2.05, 4.69) is 208 Å². The molecule has 382 valence electrons. The van der Waals surface area contributed by atoms with Gasteiger partial charge in [0.15, 0.2) is 5.82 Å². The molecule has 5 heterocycles. The predicted molar refractivity (Wildman–Crippen MR) is 325 cm³/mol. The summed E-state index contributed by atoms with van der Waals surface area (Å²) in [5, 5.41) is 0. The monoisotopic (exact) mass is 1030 g/mol. The van der Waals surface area contributed by atoms with E-state index in [1.54, 1.807) is 0 Å². The summed E-state index contributed by atoms with van der Waals surface area (Å²) in [7, 11) is 0. The van der Waals surface area contributed by atoms with Crippen molar-refractivity contribution in [3.63, 3.8) is 0 Å². The molecule has 14 rings (SSSR count). The molecule has 0 radical (unpaired) electrons. The van der Waals surface area contributed by atoms with Crippen LogP contribution in [0.25, 0.3) is 112 Å². The van der Waals surface area contributed by atoms with Crippen LogP contribution in [-0.4, -0.2) is 24.9 Å². The van der Waals surface area contributed by atoms with Gasteiger partial charge in [-0.1, -0.05) is 208 Å². The van der Waals surface area contributed by atoms with Gasteiger partial charge in [0.25, 0.3) is 0 Å². The van der Waals surface area contributed by atoms with E-state index in [9.17, 15) is 0 Å². The van der Waals surface area contributed by atoms with Gasteiger partial charge in [0.05, 0.1) is 22.6 Å². The summed E-state index contributed by atoms with van der Waals surface area (Å²) in [4.78, 5) is 25.7. The molecule has 0 spiro atoms. The number of hydrogen-bond donors (Lipinski definition) is 0. The molecule has 2 aliphatic rings. The molecular formula is C74H55N5O. The van der Waals surface area contributed by atoms with E-state index < -0.39 is 0 Å². The van der Waals surface area contributed by atoms with E-state index in [0.717, 1.165) is 125 Å². The molecule has 8 aromatic carbocycles. The lowest BCUT2D eigenvalue weighted by Gasteiger charge is -2.43. The SMILES string of the molecule is CC12CCCC1(C)c1cccc(c1)-c1ncc(-c3ccccc3-c3cc(-c4ccccc4-c4ccc(-c5ccccc5)nc4)cc(-c4ccccc4-c4ccc(-c5ccccc5)nc4)c3)c(n1)Oc1cccc(n1)-c1cccc2c1. The molecule has 80 heavy (non-hydrogen) atoms. The fourth-order valence-corrected chi connectivity index (χ4v) is 12.5. The first-order valence-corrected chi connectivity index (χ1v) is 27.6. The van der Waals surface area contributed by atoms with E-state index in [1.165, 1.54) is 11.1 Å². The molecule has 4 aromatic heterocycles. The zero-order valence-electron chi connectivity index (χ0n) is 44.6. The number of pyridine rings is 3. The van der Waals surface area contributed by atoms with Crippen LogP contribution in [0.3, 0.4) is 0 Å². The maximum atomic E-state index is 6.98. The van der Waals surface area contributed by atoms with Gasteiger partial charge in [0.1, 0.15) is 0 Å². The zero-order chi connectivity index (χ0) is 53.6. The second kappa shape index (κ2) is 20.1. The van der Waals surface area contributed by atoms with Gasteiger partial charge >= 0.3 is 0 Å². The average Bonchev–Trinajstić information content (AvgIpc) is 4.09. The van der Waals surface area contributed by atoms with Gasteiger partial charge < -0.3 is 4.74 Å². The summed E-state index contributed by atoms with van der Waals surface area (Å²) in [6, 6.07) is 85.8. The Morgan fingerprint density at radius 2 is 0.762 bits per heavy atom. The number of fused-ring (bicyclic) bond motifs is 13. The fraction of sp³-hybridized carbons (Fsp3) is 0.0946. The van der Waals surface area contributed by atoms with Gasteiger partial charge in [-0.25, -0.2) is 9.97 Å². The van der Waals surface area contributed by atoms with Gasteiger partial charge in [-0.3, -0.25) is 9.97 Å². The largest absolute Gasteiger partial charge is 0.420 e. The summed E-state index contributed by atoms with van der Waals surface area (Å²) in [5.74, 6) is 1.46. The lowest BCUT2D eigenvalue weighted by molar-refractivity contribution is 0.303. The van der Waals surface area contributed by atoms with E-state index in [0.29, 0.717) is 17.6 Å². The van der Waals surface area contributed by atoms with Crippen molar-refractivity contribution in [2.45, 2.75) is 43.9 Å². The number of ether oxygens (including phenoxy) is 1. The molecule has 0 amide bonds. The Morgan fingerprint density at radius 1 is 0.312 bits per heavy atom. The Labute approximate surface area is 467 Å². The van der Waals surface area contributed by atoms with Gasteiger partial charge in [-0.05, 0) is 123 Å². The molecule has 0 saturated heterocycles. The smallest absolute Gasteiger partial charge is 0.232 e. The second-order valence-corrected chi connectivity index (χ2v) is 21.6. The highest BCUT2D eigenvalue weighted by atomic mass is 16.5. The van der Waals surface area contributed by atoms with E-state index >= 15 is 0 Å². The normalized spacial score (nSPS) is 16.2. The zero-order valence-corrected chi connectivity index (χ0v) is 44.6. The highest BCUT2D eigenvalue weighted by molar-refractivity contribution is 5.94. The van der Waals surface area contributed by atoms with Crippen molar-refractivity contribution in [1.29, 1.82) is 0 Å². The van der Waals surface area contributed by atoms with Crippen molar-refractivity contribution in [2.24, 2.45) is 0 Å². The summed E-state index contributed by atoms with van der Waals surface area (Å²) in [5.41, 5.74) is 21.4. The van der Waals surface area contributed by atoms with Crippen LogP contribution in [0.5, 0.6) is 11.8 Å². The Bertz CT molecular complexity index is 4130. The maximum Gasteiger partial charge on any atom is 0.232 e. The minimum absolute atomic E-state index is 0.104. The van der Waals surface area contributed by atoms with Crippen LogP contribution in [0, 0.1) is 0 Å². The average molecular weight is 1030 g/mol. The van der Waals surface area contributed by atoms with Crippen molar-refractivity contribution in [3.05, 3.63) is 272 Å². The van der Waals surface area contributed by atoms with E-state index in [4.69, 9.17) is 29.7 Å². The second-order valence-electron chi connectivity index (χ2n) is 21.6. The van der Waals surface area contributed by atoms with Crippen molar-refractivity contribution in [1.82, 2.24) is 24.9 Å². The standard InChI is InChI=1S/C74H55N5O/c1-73-39-18-40-74(73,2)59-26-16-24-52(45-59)71-77-48-66(72(79-71)80-70-34-17-33-69(78-70)51-23-15-25-58(73)44-51)65-32-14-13-31-64(65)57-42-55(62-29-11-9-27-60(62)53-35-37-67(75-46-53)49-19-5-3-6-20-49)41-56(43-57)63-30-12-10-28-61(63)54-36-38-68(76-47-54)50-21-7-4-8-22-50/h3-17,19-38,41-48H,18,39-40H2,1-2H3. The third-order valence-electron chi connectivity index (χ3n) is 17.0. The number of hydrogen-bond acceptors (Lipinski definition) is 6. The molecule has 1 fully saturated rings. The Hall–Kier alpha value is -9.91. The summed E-state index contributed by atoms with van der Waals surface area (Å²) < 4.78 is 6.98. The first-order valence-electron chi connectivity index (χ1n) is 27.6. The molecule has 12 aromatic rings. The Kier molecular flexibility index (Phi) is 12.2. The van der Waals surface area contributed by atoms with Crippen LogP contribution in [0.15, 0.2) is 261 Å². The van der Waals surface area contributed by atoms with Crippen LogP contribution < -0.4 is 4.74 Å². The molecule has 1 aliphatic heterocycles. The number of rotatable bonds is 8. The molecule has 8 bridgehead atoms. The molecular weight excluding hydrogens is 975 g/mol. The van der Waals surface area contributed by atoms with Crippen LogP contribution in [0.2, 0.25) is 0 Å². The molecule has 2 atom stereocenters. The summed E-state index contributed by atoms with van der Waals surface area (Å²) in [6.07, 6.45) is 9.23. The van der Waals surface area contributed by atoms with Crippen molar-refractivity contribution < 1.29 is 4.74 Å². The van der Waals surface area contributed by atoms with Gasteiger partial charge in [0.2, 0.25) is 11.8 Å².